The summed E-state index contributed by atoms with van der Waals surface area (Å²) in [5.74, 6) is 0.277. The van der Waals surface area contributed by atoms with Gasteiger partial charge < -0.3 is 15.3 Å². The first-order valence-electron chi connectivity index (χ1n) is 8.45. The number of thiazole rings is 1. The smallest absolute Gasteiger partial charge is 0.265 e. The average Bonchev–Trinajstić information content (AvgIpc) is 2.96. The monoisotopic (exact) mass is 349 g/mol. The van der Waals surface area contributed by atoms with Crippen LogP contribution in [0.25, 0.3) is 0 Å². The third-order valence-corrected chi connectivity index (χ3v) is 7.00. The number of Topliss-reactive ketones (excluding diaryl/α,β-unsaturated/α-hetero) is 1. The normalized spacial score (nSPS) is 36.6. The fourth-order valence-electron chi connectivity index (χ4n) is 4.40. The first-order chi connectivity index (χ1) is 11.4. The van der Waals surface area contributed by atoms with Crippen LogP contribution < -0.4 is 5.32 Å². The number of carbonyl (C=O) groups is 2. The van der Waals surface area contributed by atoms with E-state index in [0.717, 1.165) is 6.42 Å². The predicted octanol–water partition coefficient (Wildman–Crippen LogP) is 0.781. The molecule has 1 spiro atoms. The quantitative estimate of drug-likeness (QED) is 0.839. The second-order valence-electron chi connectivity index (χ2n) is 8.13. The molecule has 0 radical (unpaired) electrons. The number of hydrogen-bond donors (Lipinski definition) is 2. The van der Waals surface area contributed by atoms with E-state index >= 15 is 0 Å². The van der Waals surface area contributed by atoms with E-state index in [2.05, 4.69) is 24.1 Å². The zero-order chi connectivity index (χ0) is 17.1. The molecular weight excluding hydrogens is 326 g/mol. The molecule has 7 heteroatoms. The van der Waals surface area contributed by atoms with Crippen molar-refractivity contribution in [1.29, 1.82) is 0 Å². The predicted molar refractivity (Wildman–Crippen MR) is 89.7 cm³/mol. The van der Waals surface area contributed by atoms with Gasteiger partial charge in [-0.1, -0.05) is 13.8 Å². The van der Waals surface area contributed by atoms with E-state index in [-0.39, 0.29) is 47.0 Å². The molecule has 3 fully saturated rings. The molecule has 4 unspecified atom stereocenters. The summed E-state index contributed by atoms with van der Waals surface area (Å²) in [5, 5.41) is 13.2. The van der Waals surface area contributed by atoms with Crippen LogP contribution in [0, 0.1) is 22.7 Å². The molecule has 0 bridgehead atoms. The van der Waals surface area contributed by atoms with Gasteiger partial charge in [-0.15, -0.1) is 11.3 Å². The maximum Gasteiger partial charge on any atom is 0.265 e. The van der Waals surface area contributed by atoms with Crippen molar-refractivity contribution in [3.8, 4) is 0 Å². The summed E-state index contributed by atoms with van der Waals surface area (Å²) in [6.45, 7) is 5.98. The Balaban J connectivity index is 1.54. The van der Waals surface area contributed by atoms with Gasteiger partial charge in [0.2, 0.25) is 0 Å². The number of hydrogen-bond acceptors (Lipinski definition) is 6. The molecule has 2 saturated heterocycles. The van der Waals surface area contributed by atoms with Crippen LogP contribution in [0.15, 0.2) is 11.7 Å². The summed E-state index contributed by atoms with van der Waals surface area (Å²) in [6, 6.07) is -0.235. The summed E-state index contributed by atoms with van der Waals surface area (Å²) >= 11 is 1.33. The van der Waals surface area contributed by atoms with Crippen LogP contribution in [-0.4, -0.2) is 59.0 Å². The van der Waals surface area contributed by atoms with Crippen molar-refractivity contribution in [3.63, 3.8) is 0 Å². The number of nitrogens with one attached hydrogen (secondary N) is 1. The van der Waals surface area contributed by atoms with Crippen LogP contribution in [0.4, 0.5) is 0 Å². The Bertz CT molecular complexity index is 675. The molecule has 24 heavy (non-hydrogen) atoms. The van der Waals surface area contributed by atoms with Gasteiger partial charge in [0.1, 0.15) is 4.88 Å². The number of carbonyl (C=O) groups excluding carboxylic acids is 2. The van der Waals surface area contributed by atoms with Gasteiger partial charge in [-0.25, -0.2) is 0 Å². The van der Waals surface area contributed by atoms with Crippen LogP contribution in [0.5, 0.6) is 0 Å². The Labute approximate surface area is 145 Å². The molecule has 4 rings (SSSR count). The molecule has 1 aromatic heterocycles. The number of aromatic nitrogens is 1. The highest BCUT2D eigenvalue weighted by molar-refractivity contribution is 7.11. The van der Waals surface area contributed by atoms with Gasteiger partial charge in [-0.05, 0) is 11.8 Å². The van der Waals surface area contributed by atoms with E-state index in [9.17, 15) is 14.7 Å². The molecule has 6 nitrogen and oxygen atoms in total. The highest BCUT2D eigenvalue weighted by Gasteiger charge is 2.63. The maximum absolute atomic E-state index is 12.9. The summed E-state index contributed by atoms with van der Waals surface area (Å²) in [4.78, 5) is 31.9. The number of ketones is 1. The molecule has 3 aliphatic rings. The van der Waals surface area contributed by atoms with Crippen molar-refractivity contribution in [3.05, 3.63) is 16.6 Å². The van der Waals surface area contributed by atoms with Crippen molar-refractivity contribution < 1.29 is 14.7 Å². The van der Waals surface area contributed by atoms with E-state index in [1.165, 1.54) is 11.3 Å². The third-order valence-electron chi connectivity index (χ3n) is 6.24. The highest BCUT2D eigenvalue weighted by atomic mass is 32.1. The lowest BCUT2D eigenvalue weighted by Gasteiger charge is -2.50. The molecule has 1 aromatic rings. The molecule has 1 saturated carbocycles. The van der Waals surface area contributed by atoms with E-state index in [1.54, 1.807) is 16.6 Å². The summed E-state index contributed by atoms with van der Waals surface area (Å²) in [5.41, 5.74) is 1.43. The van der Waals surface area contributed by atoms with Crippen molar-refractivity contribution in [2.24, 2.45) is 22.7 Å². The zero-order valence-corrected chi connectivity index (χ0v) is 14.8. The topological polar surface area (TPSA) is 82.5 Å². The van der Waals surface area contributed by atoms with Gasteiger partial charge in [-0.2, -0.15) is 0 Å². The standard InChI is InChI=1S/C17H23N3O3S/c1-16(2)3-11(16)13(22)14-17(7-19-14)8-20(5-10(17)6-21)15(23)12-4-18-9-24-12/h4,9-11,14,19,21H,3,5-8H2,1-2H3. The van der Waals surface area contributed by atoms with Crippen LogP contribution in [0.2, 0.25) is 0 Å². The van der Waals surface area contributed by atoms with E-state index in [0.29, 0.717) is 24.5 Å². The van der Waals surface area contributed by atoms with Gasteiger partial charge in [0.15, 0.2) is 5.78 Å². The summed E-state index contributed by atoms with van der Waals surface area (Å²) < 4.78 is 0. The van der Waals surface area contributed by atoms with Crippen molar-refractivity contribution in [2.75, 3.05) is 26.2 Å². The Morgan fingerprint density at radius 2 is 2.25 bits per heavy atom. The SMILES string of the molecule is CC1(C)CC1C(=O)C1NCC12CN(C(=O)c1cncs1)CC2CO. The molecule has 2 N–H and O–H groups in total. The minimum atomic E-state index is -0.315. The third kappa shape index (κ3) is 2.25. The lowest BCUT2D eigenvalue weighted by Crippen LogP contribution is -2.70. The number of nitrogens with zero attached hydrogens (tertiary/aromatic N) is 2. The Morgan fingerprint density at radius 3 is 2.75 bits per heavy atom. The minimum Gasteiger partial charge on any atom is -0.396 e. The number of aliphatic hydroxyl groups is 1. The van der Waals surface area contributed by atoms with Crippen molar-refractivity contribution in [1.82, 2.24) is 15.2 Å². The first-order valence-corrected chi connectivity index (χ1v) is 9.33. The van der Waals surface area contributed by atoms with Crippen molar-refractivity contribution in [2.45, 2.75) is 26.3 Å². The highest BCUT2D eigenvalue weighted by Crippen LogP contribution is 2.55. The second-order valence-corrected chi connectivity index (χ2v) is 9.01. The molecule has 0 aromatic carbocycles. The van der Waals surface area contributed by atoms with Crippen LogP contribution >= 0.6 is 11.3 Å². The van der Waals surface area contributed by atoms with Gasteiger partial charge in [0.05, 0.1) is 17.7 Å². The second kappa shape index (κ2) is 5.34. The van der Waals surface area contributed by atoms with E-state index < -0.39 is 0 Å². The number of rotatable bonds is 4. The molecule has 130 valence electrons. The van der Waals surface area contributed by atoms with Crippen LogP contribution in [0.3, 0.4) is 0 Å². The molecular formula is C17H23N3O3S. The largest absolute Gasteiger partial charge is 0.396 e. The van der Waals surface area contributed by atoms with Gasteiger partial charge in [0, 0.05) is 43.5 Å². The number of likely N-dealkylation sites (tertiary alicyclic amines) is 1. The van der Waals surface area contributed by atoms with Gasteiger partial charge >= 0.3 is 0 Å². The van der Waals surface area contributed by atoms with Crippen molar-refractivity contribution >= 4 is 23.0 Å². The minimum absolute atomic E-state index is 0.00594. The molecule has 1 amide bonds. The zero-order valence-electron chi connectivity index (χ0n) is 14.0. The number of aliphatic hydroxyl groups excluding tert-OH is 1. The van der Waals surface area contributed by atoms with E-state index in [1.807, 2.05) is 0 Å². The summed E-state index contributed by atoms with van der Waals surface area (Å²) in [7, 11) is 0. The summed E-state index contributed by atoms with van der Waals surface area (Å²) in [6.07, 6.45) is 2.52. The first kappa shape index (κ1) is 16.2. The molecule has 1 aliphatic carbocycles. The van der Waals surface area contributed by atoms with Crippen LogP contribution in [0.1, 0.15) is 29.9 Å². The van der Waals surface area contributed by atoms with Gasteiger partial charge in [-0.3, -0.25) is 14.6 Å². The molecule has 2 aliphatic heterocycles. The lowest BCUT2D eigenvalue weighted by molar-refractivity contribution is -0.132. The average molecular weight is 349 g/mol. The Hall–Kier alpha value is -1.31. The maximum atomic E-state index is 12.9. The van der Waals surface area contributed by atoms with Crippen LogP contribution in [-0.2, 0) is 4.79 Å². The fourth-order valence-corrected chi connectivity index (χ4v) is 4.99. The molecule has 3 heterocycles. The Morgan fingerprint density at radius 1 is 1.50 bits per heavy atom. The Kier molecular flexibility index (Phi) is 3.60. The molecule has 4 atom stereocenters. The fraction of sp³-hybridized carbons (Fsp3) is 0.706. The lowest BCUT2D eigenvalue weighted by atomic mass is 9.64. The van der Waals surface area contributed by atoms with Gasteiger partial charge in [0.25, 0.3) is 5.91 Å². The van der Waals surface area contributed by atoms with E-state index in [4.69, 9.17) is 0 Å². The number of amides is 1.